The molecule has 0 atom stereocenters. The van der Waals surface area contributed by atoms with E-state index in [2.05, 4.69) is 5.92 Å². The Labute approximate surface area is 54.8 Å². The van der Waals surface area contributed by atoms with Gasteiger partial charge >= 0.3 is 7.27 Å². The second-order valence-electron chi connectivity index (χ2n) is 1.73. The Morgan fingerprint density at radius 1 is 1.44 bits per heavy atom. The maximum atomic E-state index is 11.3. The minimum absolute atomic E-state index is 0.598. The Balaban J connectivity index is 3.16. The Hall–Kier alpha value is -0.515. The number of unbranched alkanes of at least 4 members (excludes halogenated alkanes) is 2. The van der Waals surface area contributed by atoms with E-state index in [1.807, 2.05) is 6.92 Å². The molecule has 0 fully saturated rings. The molecule has 0 aliphatic heterocycles. The van der Waals surface area contributed by atoms with Gasteiger partial charge in [-0.2, -0.15) is 0 Å². The van der Waals surface area contributed by atoms with Gasteiger partial charge in [0.1, 0.15) is 0 Å². The minimum atomic E-state index is -2.46. The molecule has 0 spiro atoms. The molecule has 0 nitrogen and oxygen atoms in total. The Morgan fingerprint density at radius 3 is 2.56 bits per heavy atom. The van der Waals surface area contributed by atoms with E-state index in [-0.39, 0.29) is 0 Å². The zero-order valence-electron chi connectivity index (χ0n) is 5.45. The van der Waals surface area contributed by atoms with E-state index >= 15 is 0 Å². The lowest BCUT2D eigenvalue weighted by molar-refractivity contribution is 0.687. The van der Waals surface area contributed by atoms with E-state index < -0.39 is 7.27 Å². The molecule has 0 amide bonds. The fourth-order valence-corrected chi connectivity index (χ4v) is 0.414. The first-order valence-electron chi connectivity index (χ1n) is 3.04. The SMILES string of the molecule is CCCCC#CB(F)F. The van der Waals surface area contributed by atoms with Gasteiger partial charge in [0, 0.05) is 6.42 Å². The van der Waals surface area contributed by atoms with E-state index in [1.165, 1.54) is 0 Å². The quantitative estimate of drug-likeness (QED) is 0.305. The van der Waals surface area contributed by atoms with Gasteiger partial charge in [0.25, 0.3) is 0 Å². The van der Waals surface area contributed by atoms with E-state index in [4.69, 9.17) is 0 Å². The molecule has 0 aromatic heterocycles. The molecule has 3 heteroatoms. The van der Waals surface area contributed by atoms with Crippen molar-refractivity contribution in [2.24, 2.45) is 0 Å². The third-order valence-electron chi connectivity index (χ3n) is 0.867. The topological polar surface area (TPSA) is 0 Å². The predicted molar refractivity (Wildman–Crippen MR) is 35.3 cm³/mol. The summed E-state index contributed by atoms with van der Waals surface area (Å²) < 4.78 is 22.6. The van der Waals surface area contributed by atoms with Gasteiger partial charge < -0.3 is 0 Å². The fraction of sp³-hybridized carbons (Fsp3) is 0.667. The molecule has 9 heavy (non-hydrogen) atoms. The van der Waals surface area contributed by atoms with Crippen LogP contribution in [0.25, 0.3) is 0 Å². The summed E-state index contributed by atoms with van der Waals surface area (Å²) >= 11 is 0. The molecule has 0 aliphatic carbocycles. The van der Waals surface area contributed by atoms with E-state index in [1.54, 1.807) is 5.82 Å². The van der Waals surface area contributed by atoms with Crippen LogP contribution in [0.1, 0.15) is 26.2 Å². The van der Waals surface area contributed by atoms with Crippen LogP contribution in [0.4, 0.5) is 8.63 Å². The summed E-state index contributed by atoms with van der Waals surface area (Å²) in [7, 11) is -2.46. The molecule has 0 aromatic rings. The highest BCUT2D eigenvalue weighted by Gasteiger charge is 2.03. The van der Waals surface area contributed by atoms with E-state index in [9.17, 15) is 8.63 Å². The predicted octanol–water partition coefficient (Wildman–Crippen LogP) is 2.15. The van der Waals surface area contributed by atoms with Crippen molar-refractivity contribution < 1.29 is 8.63 Å². The molecule has 0 unspecified atom stereocenters. The van der Waals surface area contributed by atoms with Crippen LogP contribution in [0, 0.1) is 11.7 Å². The molecule has 0 aromatic carbocycles. The van der Waals surface area contributed by atoms with Gasteiger partial charge in [0.15, 0.2) is 0 Å². The summed E-state index contributed by atoms with van der Waals surface area (Å²) in [6.45, 7) is 2.00. The third kappa shape index (κ3) is 7.48. The van der Waals surface area contributed by atoms with Crippen LogP contribution in [0.15, 0.2) is 0 Å². The average Bonchev–Trinajstić information content (AvgIpc) is 1.80. The van der Waals surface area contributed by atoms with Crippen molar-refractivity contribution in [1.29, 1.82) is 0 Å². The van der Waals surface area contributed by atoms with Crippen LogP contribution in [0.3, 0.4) is 0 Å². The second-order valence-corrected chi connectivity index (χ2v) is 1.73. The molecular weight excluding hydrogens is 121 g/mol. The van der Waals surface area contributed by atoms with Crippen LogP contribution >= 0.6 is 0 Å². The summed E-state index contributed by atoms with van der Waals surface area (Å²) in [6, 6.07) is 0. The highest BCUT2D eigenvalue weighted by Crippen LogP contribution is 1.91. The molecule has 50 valence electrons. The average molecular weight is 130 g/mol. The van der Waals surface area contributed by atoms with Gasteiger partial charge in [0.05, 0.1) is 0 Å². The molecule has 0 saturated heterocycles. The van der Waals surface area contributed by atoms with Crippen molar-refractivity contribution in [3.8, 4) is 11.7 Å². The van der Waals surface area contributed by atoms with Gasteiger partial charge in [0.2, 0.25) is 0 Å². The first-order valence-corrected chi connectivity index (χ1v) is 3.04. The molecule has 0 bridgehead atoms. The normalized spacial score (nSPS) is 7.89. The van der Waals surface area contributed by atoms with Crippen molar-refractivity contribution >= 4 is 7.27 Å². The van der Waals surface area contributed by atoms with Crippen LogP contribution in [0.2, 0.25) is 0 Å². The maximum Gasteiger partial charge on any atom is 0.627 e. The summed E-state index contributed by atoms with van der Waals surface area (Å²) in [4.78, 5) is 0. The Morgan fingerprint density at radius 2 is 2.11 bits per heavy atom. The van der Waals surface area contributed by atoms with Gasteiger partial charge in [-0.15, -0.1) is 5.92 Å². The Bertz CT molecular complexity index is 112. The summed E-state index contributed by atoms with van der Waals surface area (Å²) in [5.74, 6) is 4.18. The van der Waals surface area contributed by atoms with Gasteiger partial charge in [-0.1, -0.05) is 19.2 Å². The van der Waals surface area contributed by atoms with Crippen molar-refractivity contribution in [3.05, 3.63) is 0 Å². The van der Waals surface area contributed by atoms with Crippen LogP contribution in [-0.2, 0) is 0 Å². The summed E-state index contributed by atoms with van der Waals surface area (Å²) in [5, 5.41) is 0. The number of rotatable bonds is 2. The lowest BCUT2D eigenvalue weighted by Crippen LogP contribution is -1.88. The van der Waals surface area contributed by atoms with Crippen molar-refractivity contribution in [3.63, 3.8) is 0 Å². The largest absolute Gasteiger partial charge is 0.627 e. The number of hydrogen-bond donors (Lipinski definition) is 0. The standard InChI is InChI=1S/C6H9BF2/c1-2-3-4-5-6-7(8)9/h2-4H2,1H3. The zero-order valence-corrected chi connectivity index (χ0v) is 5.45. The molecule has 0 N–H and O–H groups in total. The van der Waals surface area contributed by atoms with Crippen LogP contribution in [0.5, 0.6) is 0 Å². The van der Waals surface area contributed by atoms with Crippen LogP contribution in [-0.4, -0.2) is 7.27 Å². The zero-order chi connectivity index (χ0) is 7.11. The van der Waals surface area contributed by atoms with Crippen molar-refractivity contribution in [2.75, 3.05) is 0 Å². The van der Waals surface area contributed by atoms with Crippen LogP contribution < -0.4 is 0 Å². The smallest absolute Gasteiger partial charge is 0.273 e. The van der Waals surface area contributed by atoms with Gasteiger partial charge in [-0.3, -0.25) is 8.63 Å². The van der Waals surface area contributed by atoms with E-state index in [0.717, 1.165) is 12.8 Å². The fourth-order valence-electron chi connectivity index (χ4n) is 0.414. The number of halogens is 2. The molecule has 0 saturated carbocycles. The maximum absolute atomic E-state index is 11.3. The van der Waals surface area contributed by atoms with Gasteiger partial charge in [-0.05, 0) is 6.42 Å². The lowest BCUT2D eigenvalue weighted by atomic mass is 10.0. The highest BCUT2D eigenvalue weighted by atomic mass is 19.2. The Kier molecular flexibility index (Phi) is 5.30. The molecule has 0 heterocycles. The van der Waals surface area contributed by atoms with Gasteiger partial charge in [-0.25, -0.2) is 0 Å². The molecule has 0 rings (SSSR count). The lowest BCUT2D eigenvalue weighted by Gasteiger charge is -1.82. The first kappa shape index (κ1) is 8.48. The molecule has 0 radical (unpaired) electrons. The third-order valence-corrected chi connectivity index (χ3v) is 0.867. The van der Waals surface area contributed by atoms with Crippen molar-refractivity contribution in [2.45, 2.75) is 26.2 Å². The minimum Gasteiger partial charge on any atom is -0.273 e. The van der Waals surface area contributed by atoms with E-state index in [0.29, 0.717) is 6.42 Å². The summed E-state index contributed by atoms with van der Waals surface area (Å²) in [6.07, 6.45) is 2.53. The summed E-state index contributed by atoms with van der Waals surface area (Å²) in [5.41, 5.74) is 0. The van der Waals surface area contributed by atoms with Crippen molar-refractivity contribution in [1.82, 2.24) is 0 Å². The second kappa shape index (κ2) is 5.62. The highest BCUT2D eigenvalue weighted by molar-refractivity contribution is 6.52. The first-order chi connectivity index (χ1) is 4.27. The number of hydrogen-bond acceptors (Lipinski definition) is 0. The molecular formula is C6H9BF2. The molecule has 0 aliphatic rings. The monoisotopic (exact) mass is 130 g/mol.